The van der Waals surface area contributed by atoms with Crippen molar-refractivity contribution in [3.05, 3.63) is 70.7 Å². The third-order valence-corrected chi connectivity index (χ3v) is 4.28. The molecule has 1 fully saturated rings. The Kier molecular flexibility index (Phi) is 4.91. The van der Waals surface area contributed by atoms with E-state index in [9.17, 15) is 0 Å². The van der Waals surface area contributed by atoms with Gasteiger partial charge in [-0.25, -0.2) is 0 Å². The van der Waals surface area contributed by atoms with Gasteiger partial charge in [-0.15, -0.1) is 0 Å². The van der Waals surface area contributed by atoms with Crippen molar-refractivity contribution in [3.63, 3.8) is 0 Å². The van der Waals surface area contributed by atoms with Crippen LogP contribution in [0.1, 0.15) is 17.5 Å². The van der Waals surface area contributed by atoms with Crippen molar-refractivity contribution < 1.29 is 0 Å². The summed E-state index contributed by atoms with van der Waals surface area (Å²) in [5, 5.41) is 4.45. The molecule has 1 unspecified atom stereocenters. The number of nitrogens with zero attached hydrogens (tertiary/aromatic N) is 1. The third-order valence-electron chi connectivity index (χ3n) is 4.03. The van der Waals surface area contributed by atoms with Crippen molar-refractivity contribution in [2.75, 3.05) is 13.1 Å². The summed E-state index contributed by atoms with van der Waals surface area (Å²) in [6, 6.07) is 19.4. The van der Waals surface area contributed by atoms with Crippen molar-refractivity contribution in [1.29, 1.82) is 0 Å². The molecule has 3 heteroatoms. The lowest BCUT2D eigenvalue weighted by atomic mass is 10.2. The fourth-order valence-corrected chi connectivity index (χ4v) is 2.97. The number of likely N-dealkylation sites (tertiary alicyclic amines) is 1. The molecule has 1 aliphatic rings. The van der Waals surface area contributed by atoms with Crippen LogP contribution in [0.3, 0.4) is 0 Å². The number of hydrogen-bond acceptors (Lipinski definition) is 2. The van der Waals surface area contributed by atoms with Crippen molar-refractivity contribution in [2.24, 2.45) is 0 Å². The molecule has 1 saturated heterocycles. The molecule has 2 aromatic carbocycles. The van der Waals surface area contributed by atoms with Crippen LogP contribution >= 0.6 is 11.6 Å². The zero-order valence-corrected chi connectivity index (χ0v) is 12.9. The Morgan fingerprint density at radius 3 is 2.52 bits per heavy atom. The SMILES string of the molecule is Clc1ccc(CNC2CCN(Cc3ccccc3)C2)cc1. The van der Waals surface area contributed by atoms with Crippen LogP contribution in [0.15, 0.2) is 54.6 Å². The normalized spacial score (nSPS) is 19.0. The third kappa shape index (κ3) is 4.31. The van der Waals surface area contributed by atoms with Crippen LogP contribution in [0.2, 0.25) is 5.02 Å². The predicted octanol–water partition coefficient (Wildman–Crippen LogP) is 3.70. The highest BCUT2D eigenvalue weighted by Crippen LogP contribution is 2.14. The summed E-state index contributed by atoms with van der Waals surface area (Å²) in [6.07, 6.45) is 1.22. The first kappa shape index (κ1) is 14.6. The number of halogens is 1. The first-order chi connectivity index (χ1) is 10.3. The highest BCUT2D eigenvalue weighted by Gasteiger charge is 2.21. The minimum absolute atomic E-state index is 0.587. The summed E-state index contributed by atoms with van der Waals surface area (Å²) in [5.41, 5.74) is 2.69. The molecule has 1 atom stereocenters. The second-order valence-corrected chi connectivity index (χ2v) is 6.15. The van der Waals surface area contributed by atoms with Crippen molar-refractivity contribution in [2.45, 2.75) is 25.6 Å². The van der Waals surface area contributed by atoms with E-state index in [2.05, 4.69) is 52.7 Å². The monoisotopic (exact) mass is 300 g/mol. The Balaban J connectivity index is 1.45. The minimum atomic E-state index is 0.587. The largest absolute Gasteiger partial charge is 0.309 e. The summed E-state index contributed by atoms with van der Waals surface area (Å²) in [7, 11) is 0. The number of hydrogen-bond donors (Lipinski definition) is 1. The molecular formula is C18H21ClN2. The van der Waals surface area contributed by atoms with Crippen LogP contribution in [0, 0.1) is 0 Å². The van der Waals surface area contributed by atoms with Crippen LogP contribution in [-0.4, -0.2) is 24.0 Å². The fourth-order valence-electron chi connectivity index (χ4n) is 2.85. The van der Waals surface area contributed by atoms with Gasteiger partial charge in [0.2, 0.25) is 0 Å². The van der Waals surface area contributed by atoms with E-state index in [4.69, 9.17) is 11.6 Å². The summed E-state index contributed by atoms with van der Waals surface area (Å²) >= 11 is 5.91. The maximum absolute atomic E-state index is 5.91. The van der Waals surface area contributed by atoms with E-state index in [-0.39, 0.29) is 0 Å². The molecule has 1 aliphatic heterocycles. The molecule has 0 spiro atoms. The average Bonchev–Trinajstić information content (AvgIpc) is 2.95. The maximum atomic E-state index is 5.91. The van der Waals surface area contributed by atoms with Gasteiger partial charge in [0.1, 0.15) is 0 Å². The Hall–Kier alpha value is -1.35. The highest BCUT2D eigenvalue weighted by molar-refractivity contribution is 6.30. The van der Waals surface area contributed by atoms with Crippen molar-refractivity contribution >= 4 is 11.6 Å². The van der Waals surface area contributed by atoms with Crippen LogP contribution in [0.4, 0.5) is 0 Å². The van der Waals surface area contributed by atoms with Gasteiger partial charge in [0.25, 0.3) is 0 Å². The molecule has 2 nitrogen and oxygen atoms in total. The first-order valence-electron chi connectivity index (χ1n) is 7.54. The Morgan fingerprint density at radius 2 is 1.76 bits per heavy atom. The van der Waals surface area contributed by atoms with Gasteiger partial charge in [-0.3, -0.25) is 4.90 Å². The molecule has 0 saturated carbocycles. The van der Waals surface area contributed by atoms with Gasteiger partial charge in [-0.05, 0) is 29.7 Å². The molecule has 0 radical (unpaired) electrons. The average molecular weight is 301 g/mol. The van der Waals surface area contributed by atoms with E-state index in [1.165, 1.54) is 24.1 Å². The maximum Gasteiger partial charge on any atom is 0.0406 e. The van der Waals surface area contributed by atoms with Crippen molar-refractivity contribution in [3.8, 4) is 0 Å². The Bertz CT molecular complexity index is 553. The standard InChI is InChI=1S/C18H21ClN2/c19-17-8-6-15(7-9-17)12-20-18-10-11-21(14-18)13-16-4-2-1-3-5-16/h1-9,18,20H,10-14H2. The van der Waals surface area contributed by atoms with Gasteiger partial charge in [-0.2, -0.15) is 0 Å². The smallest absolute Gasteiger partial charge is 0.0406 e. The van der Waals surface area contributed by atoms with E-state index < -0.39 is 0 Å². The van der Waals surface area contributed by atoms with E-state index >= 15 is 0 Å². The summed E-state index contributed by atoms with van der Waals surface area (Å²) in [5.74, 6) is 0. The first-order valence-corrected chi connectivity index (χ1v) is 7.91. The predicted molar refractivity (Wildman–Crippen MR) is 88.4 cm³/mol. The lowest BCUT2D eigenvalue weighted by Gasteiger charge is -2.17. The summed E-state index contributed by atoms with van der Waals surface area (Å²) < 4.78 is 0. The molecule has 110 valence electrons. The molecule has 2 aromatic rings. The van der Waals surface area contributed by atoms with Gasteiger partial charge in [0.15, 0.2) is 0 Å². The second-order valence-electron chi connectivity index (χ2n) is 5.71. The fraction of sp³-hybridized carbons (Fsp3) is 0.333. The highest BCUT2D eigenvalue weighted by atomic mass is 35.5. The molecule has 21 heavy (non-hydrogen) atoms. The lowest BCUT2D eigenvalue weighted by Crippen LogP contribution is -2.31. The molecule has 0 bridgehead atoms. The minimum Gasteiger partial charge on any atom is -0.309 e. The number of benzene rings is 2. The van der Waals surface area contributed by atoms with Crippen LogP contribution in [0.5, 0.6) is 0 Å². The van der Waals surface area contributed by atoms with Crippen LogP contribution in [-0.2, 0) is 13.1 Å². The Morgan fingerprint density at radius 1 is 1.00 bits per heavy atom. The topological polar surface area (TPSA) is 15.3 Å². The van der Waals surface area contributed by atoms with Crippen LogP contribution in [0.25, 0.3) is 0 Å². The molecule has 0 amide bonds. The van der Waals surface area contributed by atoms with Crippen LogP contribution < -0.4 is 5.32 Å². The van der Waals surface area contributed by atoms with Gasteiger partial charge >= 0.3 is 0 Å². The van der Waals surface area contributed by atoms with E-state index in [1.807, 2.05) is 12.1 Å². The van der Waals surface area contributed by atoms with Gasteiger partial charge in [-0.1, -0.05) is 54.1 Å². The number of rotatable bonds is 5. The van der Waals surface area contributed by atoms with Gasteiger partial charge < -0.3 is 5.32 Å². The van der Waals surface area contributed by atoms with Gasteiger partial charge in [0.05, 0.1) is 0 Å². The van der Waals surface area contributed by atoms with E-state index in [0.717, 1.165) is 24.7 Å². The molecule has 0 aliphatic carbocycles. The van der Waals surface area contributed by atoms with Crippen molar-refractivity contribution in [1.82, 2.24) is 10.2 Å². The molecule has 3 rings (SSSR count). The molecule has 0 aromatic heterocycles. The summed E-state index contributed by atoms with van der Waals surface area (Å²) in [4.78, 5) is 2.52. The number of nitrogens with one attached hydrogen (secondary N) is 1. The van der Waals surface area contributed by atoms with E-state index in [1.54, 1.807) is 0 Å². The van der Waals surface area contributed by atoms with Gasteiger partial charge in [0, 0.05) is 37.2 Å². The summed E-state index contributed by atoms with van der Waals surface area (Å²) in [6.45, 7) is 4.27. The molecule has 1 N–H and O–H groups in total. The molecular weight excluding hydrogens is 280 g/mol. The zero-order chi connectivity index (χ0) is 14.5. The quantitative estimate of drug-likeness (QED) is 0.905. The van der Waals surface area contributed by atoms with E-state index in [0.29, 0.717) is 6.04 Å². The molecule has 1 heterocycles. The Labute approximate surface area is 131 Å². The lowest BCUT2D eigenvalue weighted by molar-refractivity contribution is 0.320. The second kappa shape index (κ2) is 7.08. The zero-order valence-electron chi connectivity index (χ0n) is 12.1.